The predicted molar refractivity (Wildman–Crippen MR) is 124 cm³/mol. The second kappa shape index (κ2) is 9.32. The molecule has 160 valence electrons. The average Bonchev–Trinajstić information content (AvgIpc) is 2.81. The van der Waals surface area contributed by atoms with Crippen LogP contribution >= 0.6 is 0 Å². The van der Waals surface area contributed by atoms with Crippen LogP contribution in [0.1, 0.15) is 83.6 Å². The highest BCUT2D eigenvalue weighted by Gasteiger charge is 2.48. The van der Waals surface area contributed by atoms with Gasteiger partial charge in [0.2, 0.25) is 0 Å². The molecule has 2 aromatic rings. The Labute approximate surface area is 182 Å². The first-order valence-electron chi connectivity index (χ1n) is 11.9. The molecule has 0 spiro atoms. The van der Waals surface area contributed by atoms with Crippen LogP contribution in [0.25, 0.3) is 11.4 Å². The first kappa shape index (κ1) is 21.1. The molecule has 0 radical (unpaired) electrons. The summed E-state index contributed by atoms with van der Waals surface area (Å²) in [5.41, 5.74) is 3.69. The molecule has 3 heteroatoms. The zero-order chi connectivity index (χ0) is 20.9. The molecule has 0 atom stereocenters. The van der Waals surface area contributed by atoms with Gasteiger partial charge in [-0.2, -0.15) is 0 Å². The summed E-state index contributed by atoms with van der Waals surface area (Å²) in [6.07, 6.45) is 21.5. The second-order valence-corrected chi connectivity index (χ2v) is 9.44. The molecule has 0 amide bonds. The molecule has 0 aliphatic heterocycles. The predicted octanol–water partition coefficient (Wildman–Crippen LogP) is 7.27. The van der Waals surface area contributed by atoms with Gasteiger partial charge in [-0.1, -0.05) is 62.6 Å². The molecule has 1 aromatic carbocycles. The molecule has 3 nitrogen and oxygen atoms in total. The van der Waals surface area contributed by atoms with E-state index < -0.39 is 0 Å². The molecule has 2 bridgehead atoms. The van der Waals surface area contributed by atoms with E-state index in [4.69, 9.17) is 4.74 Å². The molecule has 3 aliphatic rings. The highest BCUT2D eigenvalue weighted by Crippen LogP contribution is 2.59. The third-order valence-corrected chi connectivity index (χ3v) is 7.68. The second-order valence-electron chi connectivity index (χ2n) is 9.44. The lowest BCUT2D eigenvalue weighted by molar-refractivity contribution is 0.0305. The standard InChI is InChI=1S/C27H36N2O/c1-3-5-7-12-26-13-16-27(17-14-26,18-15-26)23-10-8-22(9-11-23)25-28-20-24(21-29-25)30-19-6-4-2/h4,6,8-11,20-21H,3,5,7,12-19H2,1-2H3. The van der Waals surface area contributed by atoms with Crippen molar-refractivity contribution < 1.29 is 4.74 Å². The third kappa shape index (κ3) is 4.45. The quantitative estimate of drug-likeness (QED) is 0.325. The van der Waals surface area contributed by atoms with Crippen molar-refractivity contribution in [1.82, 2.24) is 9.97 Å². The van der Waals surface area contributed by atoms with E-state index in [1.54, 1.807) is 12.4 Å². The van der Waals surface area contributed by atoms with Crippen LogP contribution in [0.4, 0.5) is 0 Å². The van der Waals surface area contributed by atoms with Crippen LogP contribution in [0.3, 0.4) is 0 Å². The lowest BCUT2D eigenvalue weighted by Gasteiger charge is -2.54. The Hall–Kier alpha value is -2.16. The molecule has 30 heavy (non-hydrogen) atoms. The maximum atomic E-state index is 5.60. The number of ether oxygens (including phenoxy) is 1. The number of fused-ring (bicyclic) bond motifs is 3. The maximum absolute atomic E-state index is 5.60. The largest absolute Gasteiger partial charge is 0.486 e. The van der Waals surface area contributed by atoms with Gasteiger partial charge in [-0.3, -0.25) is 0 Å². The summed E-state index contributed by atoms with van der Waals surface area (Å²) in [7, 11) is 0. The minimum Gasteiger partial charge on any atom is -0.486 e. The Morgan fingerprint density at radius 3 is 2.20 bits per heavy atom. The number of nitrogens with zero attached hydrogens (tertiary/aromatic N) is 2. The van der Waals surface area contributed by atoms with Crippen LogP contribution in [-0.2, 0) is 5.41 Å². The van der Waals surface area contributed by atoms with Crippen LogP contribution in [-0.4, -0.2) is 16.6 Å². The summed E-state index contributed by atoms with van der Waals surface area (Å²) < 4.78 is 5.60. The fourth-order valence-electron chi connectivity index (χ4n) is 5.57. The van der Waals surface area contributed by atoms with E-state index >= 15 is 0 Å². The van der Waals surface area contributed by atoms with Crippen LogP contribution in [0.5, 0.6) is 5.75 Å². The summed E-state index contributed by atoms with van der Waals surface area (Å²) in [5, 5.41) is 0. The number of benzene rings is 1. The van der Waals surface area contributed by atoms with Gasteiger partial charge < -0.3 is 4.74 Å². The Morgan fingerprint density at radius 1 is 0.933 bits per heavy atom. The molecule has 0 unspecified atom stereocenters. The van der Waals surface area contributed by atoms with Gasteiger partial charge in [0.1, 0.15) is 6.61 Å². The van der Waals surface area contributed by atoms with Gasteiger partial charge in [-0.05, 0) is 68.3 Å². The van der Waals surface area contributed by atoms with Crippen molar-refractivity contribution in [1.29, 1.82) is 0 Å². The number of hydrogen-bond acceptors (Lipinski definition) is 3. The van der Waals surface area contributed by atoms with Gasteiger partial charge in [-0.25, -0.2) is 9.97 Å². The number of hydrogen-bond donors (Lipinski definition) is 0. The van der Waals surface area contributed by atoms with Gasteiger partial charge in [0, 0.05) is 5.56 Å². The Morgan fingerprint density at radius 2 is 1.60 bits per heavy atom. The number of allylic oxidation sites excluding steroid dienone is 1. The Balaban J connectivity index is 1.40. The minimum absolute atomic E-state index is 0.413. The Kier molecular flexibility index (Phi) is 6.55. The summed E-state index contributed by atoms with van der Waals surface area (Å²) in [6, 6.07) is 9.09. The van der Waals surface area contributed by atoms with Crippen molar-refractivity contribution >= 4 is 0 Å². The molecule has 3 fully saturated rings. The monoisotopic (exact) mass is 404 g/mol. The summed E-state index contributed by atoms with van der Waals surface area (Å²) >= 11 is 0. The van der Waals surface area contributed by atoms with Crippen LogP contribution in [0.2, 0.25) is 0 Å². The van der Waals surface area contributed by atoms with Crippen LogP contribution in [0.15, 0.2) is 48.8 Å². The Bertz CT molecular complexity index is 814. The molecule has 3 saturated carbocycles. The number of rotatable bonds is 9. The number of unbranched alkanes of at least 4 members (excludes halogenated alkanes) is 2. The van der Waals surface area contributed by atoms with Gasteiger partial charge in [-0.15, -0.1) is 0 Å². The maximum Gasteiger partial charge on any atom is 0.159 e. The molecule has 1 heterocycles. The first-order valence-corrected chi connectivity index (χ1v) is 11.9. The molecule has 0 N–H and O–H groups in total. The molecule has 5 rings (SSSR count). The van der Waals surface area contributed by atoms with E-state index in [0.29, 0.717) is 23.2 Å². The fraction of sp³-hybridized carbons (Fsp3) is 0.556. The van der Waals surface area contributed by atoms with E-state index in [2.05, 4.69) is 41.2 Å². The summed E-state index contributed by atoms with van der Waals surface area (Å²) in [5.74, 6) is 1.47. The minimum atomic E-state index is 0.413. The number of aromatic nitrogens is 2. The highest BCUT2D eigenvalue weighted by atomic mass is 16.5. The van der Waals surface area contributed by atoms with Crippen molar-refractivity contribution in [3.05, 3.63) is 54.4 Å². The highest BCUT2D eigenvalue weighted by molar-refractivity contribution is 5.56. The van der Waals surface area contributed by atoms with Crippen molar-refractivity contribution in [2.45, 2.75) is 83.5 Å². The topological polar surface area (TPSA) is 35.0 Å². The summed E-state index contributed by atoms with van der Waals surface area (Å²) in [6.45, 7) is 4.85. The lowest BCUT2D eigenvalue weighted by atomic mass is 9.51. The SMILES string of the molecule is CC=CCOc1cnc(-c2ccc(C34CCC(CCCCC)(CC3)CC4)cc2)nc1. The molecule has 0 saturated heterocycles. The van der Waals surface area contributed by atoms with E-state index in [-0.39, 0.29) is 0 Å². The van der Waals surface area contributed by atoms with Crippen LogP contribution < -0.4 is 4.74 Å². The van der Waals surface area contributed by atoms with Gasteiger partial charge in [0.15, 0.2) is 11.6 Å². The van der Waals surface area contributed by atoms with Crippen LogP contribution in [0, 0.1) is 5.41 Å². The third-order valence-electron chi connectivity index (χ3n) is 7.68. The van der Waals surface area contributed by atoms with Gasteiger partial charge in [0.25, 0.3) is 0 Å². The van der Waals surface area contributed by atoms with E-state index in [1.165, 1.54) is 69.8 Å². The zero-order valence-electron chi connectivity index (χ0n) is 18.7. The molecular formula is C27H36N2O. The summed E-state index contributed by atoms with van der Waals surface area (Å²) in [4.78, 5) is 9.00. The van der Waals surface area contributed by atoms with Gasteiger partial charge >= 0.3 is 0 Å². The van der Waals surface area contributed by atoms with E-state index in [0.717, 1.165) is 11.4 Å². The van der Waals surface area contributed by atoms with E-state index in [1.807, 2.05) is 19.1 Å². The molecule has 1 aromatic heterocycles. The zero-order valence-corrected chi connectivity index (χ0v) is 18.7. The van der Waals surface area contributed by atoms with Crippen molar-refractivity contribution in [3.63, 3.8) is 0 Å². The molecule has 3 aliphatic carbocycles. The van der Waals surface area contributed by atoms with E-state index in [9.17, 15) is 0 Å². The molecular weight excluding hydrogens is 368 g/mol. The lowest BCUT2D eigenvalue weighted by Crippen LogP contribution is -2.44. The average molecular weight is 405 g/mol. The van der Waals surface area contributed by atoms with Crippen molar-refractivity contribution in [2.24, 2.45) is 5.41 Å². The smallest absolute Gasteiger partial charge is 0.159 e. The fourth-order valence-corrected chi connectivity index (χ4v) is 5.57. The normalized spacial score (nSPS) is 25.7. The first-order chi connectivity index (χ1) is 14.7. The van der Waals surface area contributed by atoms with Crippen molar-refractivity contribution in [3.8, 4) is 17.1 Å². The van der Waals surface area contributed by atoms with Crippen molar-refractivity contribution in [2.75, 3.05) is 6.61 Å². The van der Waals surface area contributed by atoms with Gasteiger partial charge in [0.05, 0.1) is 12.4 Å².